The number of aromatic nitrogens is 1. The molecule has 12 nitrogen and oxygen atoms in total. The van der Waals surface area contributed by atoms with Crippen LogP contribution in [0.5, 0.6) is 5.75 Å². The molecule has 248 valence electrons. The van der Waals surface area contributed by atoms with Crippen molar-refractivity contribution in [1.29, 1.82) is 5.41 Å². The van der Waals surface area contributed by atoms with Crippen molar-refractivity contribution >= 4 is 41.0 Å². The lowest BCUT2D eigenvalue weighted by Crippen LogP contribution is -2.56. The Morgan fingerprint density at radius 3 is 2.46 bits per heavy atom. The molecule has 1 aromatic heterocycles. The van der Waals surface area contributed by atoms with E-state index in [9.17, 15) is 14.4 Å². The molecule has 0 aliphatic carbocycles. The van der Waals surface area contributed by atoms with E-state index < -0.39 is 17.4 Å². The number of nitrogens with two attached hydrogens (primary N) is 1. The third-order valence-corrected chi connectivity index (χ3v) is 8.49. The highest BCUT2D eigenvalue weighted by atomic mass is 16.5. The van der Waals surface area contributed by atoms with Crippen LogP contribution in [0.25, 0.3) is 5.70 Å². The van der Waals surface area contributed by atoms with E-state index in [0.717, 1.165) is 57.2 Å². The van der Waals surface area contributed by atoms with Gasteiger partial charge in [-0.05, 0) is 68.4 Å². The van der Waals surface area contributed by atoms with E-state index in [1.165, 1.54) is 6.08 Å². The van der Waals surface area contributed by atoms with Crippen molar-refractivity contribution in [3.05, 3.63) is 53.9 Å². The van der Waals surface area contributed by atoms with Gasteiger partial charge in [-0.25, -0.2) is 4.98 Å². The summed E-state index contributed by atoms with van der Waals surface area (Å²) in [6.07, 6.45) is 5.84. The first-order valence-corrected chi connectivity index (χ1v) is 15.8. The number of benzene rings is 1. The van der Waals surface area contributed by atoms with Gasteiger partial charge in [-0.1, -0.05) is 26.8 Å². The van der Waals surface area contributed by atoms with Gasteiger partial charge in [0.15, 0.2) is 0 Å². The Labute approximate surface area is 271 Å². The number of carbonyl (C=O) groups is 3. The molecular formula is C34H47N7O5. The summed E-state index contributed by atoms with van der Waals surface area (Å²) in [4.78, 5) is 47.5. The van der Waals surface area contributed by atoms with Gasteiger partial charge >= 0.3 is 0 Å². The maximum absolute atomic E-state index is 13.3. The van der Waals surface area contributed by atoms with Gasteiger partial charge in [0.2, 0.25) is 11.8 Å². The predicted molar refractivity (Wildman–Crippen MR) is 179 cm³/mol. The van der Waals surface area contributed by atoms with Crippen LogP contribution >= 0.6 is 0 Å². The number of pyridine rings is 1. The fourth-order valence-electron chi connectivity index (χ4n) is 5.82. The zero-order valence-corrected chi connectivity index (χ0v) is 27.5. The zero-order valence-electron chi connectivity index (χ0n) is 27.5. The number of allylic oxidation sites excluding steroid dienone is 1. The van der Waals surface area contributed by atoms with Crippen LogP contribution in [0, 0.1) is 10.8 Å². The Morgan fingerprint density at radius 2 is 1.83 bits per heavy atom. The molecule has 4 rings (SSSR count). The third-order valence-electron chi connectivity index (χ3n) is 8.49. The van der Waals surface area contributed by atoms with Crippen LogP contribution in [0.2, 0.25) is 0 Å². The number of hydrogen-bond donors (Lipinski definition) is 4. The first-order valence-electron chi connectivity index (χ1n) is 15.8. The minimum Gasteiger partial charge on any atom is -0.494 e. The summed E-state index contributed by atoms with van der Waals surface area (Å²) >= 11 is 0. The number of piperidine rings is 1. The maximum atomic E-state index is 13.3. The molecule has 2 aliphatic heterocycles. The number of nitrogens with zero attached hydrogens (tertiary/aromatic N) is 3. The second-order valence-electron chi connectivity index (χ2n) is 12.9. The van der Waals surface area contributed by atoms with Gasteiger partial charge in [-0.3, -0.25) is 14.4 Å². The monoisotopic (exact) mass is 633 g/mol. The molecule has 2 aromatic rings. The number of hydrogen-bond acceptors (Lipinski definition) is 9. The Morgan fingerprint density at radius 1 is 1.11 bits per heavy atom. The Bertz CT molecular complexity index is 1450. The van der Waals surface area contributed by atoms with Gasteiger partial charge in [0.1, 0.15) is 24.1 Å². The molecule has 2 fully saturated rings. The smallest absolute Gasteiger partial charge is 0.274 e. The highest BCUT2D eigenvalue weighted by molar-refractivity contribution is 6.04. The molecule has 3 amide bonds. The molecule has 1 aromatic carbocycles. The highest BCUT2D eigenvalue weighted by Crippen LogP contribution is 2.32. The van der Waals surface area contributed by atoms with E-state index >= 15 is 0 Å². The molecule has 2 atom stereocenters. The number of ether oxygens (including phenoxy) is 2. The molecule has 12 heteroatoms. The molecule has 0 spiro atoms. The van der Waals surface area contributed by atoms with Gasteiger partial charge in [0, 0.05) is 43.6 Å². The lowest BCUT2D eigenvalue weighted by atomic mass is 9.85. The van der Waals surface area contributed by atoms with E-state index in [4.69, 9.17) is 20.6 Å². The number of likely N-dealkylation sites (tertiary alicyclic amines) is 1. The number of anilines is 2. The van der Waals surface area contributed by atoms with Crippen LogP contribution in [-0.2, 0) is 14.3 Å². The molecule has 0 saturated carbocycles. The number of methoxy groups -OCH3 is 1. The van der Waals surface area contributed by atoms with Gasteiger partial charge in [0.05, 0.1) is 30.3 Å². The van der Waals surface area contributed by atoms with Gasteiger partial charge in [-0.2, -0.15) is 0 Å². The van der Waals surface area contributed by atoms with E-state index in [-0.39, 0.29) is 42.0 Å². The van der Waals surface area contributed by atoms with Crippen LogP contribution in [0.4, 0.5) is 11.4 Å². The van der Waals surface area contributed by atoms with E-state index in [2.05, 4.69) is 27.4 Å². The minimum absolute atomic E-state index is 0.0242. The van der Waals surface area contributed by atoms with Crippen LogP contribution in [-0.4, -0.2) is 85.4 Å². The summed E-state index contributed by atoms with van der Waals surface area (Å²) in [5.74, 6) is -0.213. The predicted octanol–water partition coefficient (Wildman–Crippen LogP) is 3.82. The first kappa shape index (κ1) is 34.4. The molecule has 3 heterocycles. The zero-order chi connectivity index (χ0) is 33.4. The fraction of sp³-hybridized carbons (Fsp3) is 0.500. The van der Waals surface area contributed by atoms with E-state index in [1.807, 2.05) is 37.8 Å². The molecule has 0 bridgehead atoms. The fourth-order valence-corrected chi connectivity index (χ4v) is 5.82. The van der Waals surface area contributed by atoms with Crippen LogP contribution in [0.1, 0.15) is 69.6 Å². The van der Waals surface area contributed by atoms with Crippen molar-refractivity contribution in [2.24, 2.45) is 11.1 Å². The molecule has 46 heavy (non-hydrogen) atoms. The highest BCUT2D eigenvalue weighted by Gasteiger charge is 2.38. The van der Waals surface area contributed by atoms with Crippen molar-refractivity contribution in [3.8, 4) is 5.75 Å². The normalized spacial score (nSPS) is 18.2. The average molecular weight is 634 g/mol. The molecule has 0 radical (unpaired) electrons. The number of carbonyl (C=O) groups excluding carboxylic acids is 3. The van der Waals surface area contributed by atoms with Crippen LogP contribution < -0.4 is 26.0 Å². The Kier molecular flexibility index (Phi) is 11.4. The van der Waals surface area contributed by atoms with Crippen molar-refractivity contribution < 1.29 is 23.9 Å². The van der Waals surface area contributed by atoms with Crippen molar-refractivity contribution in [1.82, 2.24) is 15.2 Å². The number of amides is 3. The lowest BCUT2D eigenvalue weighted by Gasteiger charge is -2.35. The van der Waals surface area contributed by atoms with E-state index in [1.54, 1.807) is 31.4 Å². The van der Waals surface area contributed by atoms with Crippen molar-refractivity contribution in [3.63, 3.8) is 0 Å². The molecule has 5 N–H and O–H groups in total. The summed E-state index contributed by atoms with van der Waals surface area (Å²) in [5.41, 5.74) is 7.82. The van der Waals surface area contributed by atoms with Crippen molar-refractivity contribution in [2.75, 3.05) is 43.6 Å². The second kappa shape index (κ2) is 15.2. The minimum atomic E-state index is -0.607. The SMILES string of the molecule is COc1cc(N2CCC(OCC(=O)NC(C(=O)N3CCCC3C)C(C)(C)C)CC2)ccc1NC(=O)c1cccc(/C(N)=C/C=N)n1. The van der Waals surface area contributed by atoms with Crippen LogP contribution in [0.3, 0.4) is 0 Å². The standard InChI is InChI=1S/C34H47N7O5/c1-22-8-7-17-41(22)33(44)31(34(2,3)4)39-30(42)21-46-24-14-18-40(19-15-24)23-11-12-27(29(20-23)45-5)38-32(43)28-10-6-9-26(37-28)25(36)13-16-35/h6,9-13,16,20,22,24,31,35H,7-8,14-15,17-19,21,36H2,1-5H3,(H,38,43)(H,39,42)/b25-13-,35-16?. The lowest BCUT2D eigenvalue weighted by molar-refractivity contribution is -0.141. The third kappa shape index (κ3) is 8.63. The first-order chi connectivity index (χ1) is 21.9. The summed E-state index contributed by atoms with van der Waals surface area (Å²) < 4.78 is 11.6. The van der Waals surface area contributed by atoms with Crippen LogP contribution in [0.15, 0.2) is 42.5 Å². The average Bonchev–Trinajstić information content (AvgIpc) is 3.48. The largest absolute Gasteiger partial charge is 0.494 e. The van der Waals surface area contributed by atoms with E-state index in [0.29, 0.717) is 17.1 Å². The topological polar surface area (TPSA) is 163 Å². The summed E-state index contributed by atoms with van der Waals surface area (Å²) in [6, 6.07) is 10.1. The summed E-state index contributed by atoms with van der Waals surface area (Å²) in [5, 5.41) is 13.0. The summed E-state index contributed by atoms with van der Waals surface area (Å²) in [6.45, 7) is 10.0. The maximum Gasteiger partial charge on any atom is 0.274 e. The molecular weight excluding hydrogens is 586 g/mol. The quantitative estimate of drug-likeness (QED) is 0.272. The molecule has 2 aliphatic rings. The Hall–Kier alpha value is -4.45. The Balaban J connectivity index is 1.29. The van der Waals surface area contributed by atoms with Gasteiger partial charge in [-0.15, -0.1) is 0 Å². The molecule has 2 unspecified atom stereocenters. The molecule has 2 saturated heterocycles. The van der Waals surface area contributed by atoms with Gasteiger partial charge < -0.3 is 41.1 Å². The number of nitrogens with one attached hydrogen (secondary N) is 3. The summed E-state index contributed by atoms with van der Waals surface area (Å²) in [7, 11) is 1.55. The van der Waals surface area contributed by atoms with Gasteiger partial charge in [0.25, 0.3) is 5.91 Å². The second-order valence-corrected chi connectivity index (χ2v) is 12.9. The number of rotatable bonds is 11. The van der Waals surface area contributed by atoms with Crippen molar-refractivity contribution in [2.45, 2.75) is 71.6 Å².